The van der Waals surface area contributed by atoms with E-state index in [4.69, 9.17) is 5.73 Å². The van der Waals surface area contributed by atoms with Gasteiger partial charge >= 0.3 is 6.18 Å². The smallest absolute Gasteiger partial charge is 0.395 e. The predicted octanol–water partition coefficient (Wildman–Crippen LogP) is 2.40. The number of carbonyl (C=O) groups excluding carboxylic acids is 1. The molecule has 0 saturated carbocycles. The van der Waals surface area contributed by atoms with Gasteiger partial charge in [-0.15, -0.1) is 0 Å². The van der Waals surface area contributed by atoms with Crippen LogP contribution in [0.2, 0.25) is 0 Å². The number of amides is 1. The first-order chi connectivity index (χ1) is 8.84. The Balaban J connectivity index is 2.64. The Morgan fingerprint density at radius 3 is 2.63 bits per heavy atom. The van der Waals surface area contributed by atoms with Crippen molar-refractivity contribution in [1.29, 1.82) is 0 Å². The molecule has 1 aliphatic carbocycles. The summed E-state index contributed by atoms with van der Waals surface area (Å²) in [6, 6.07) is 0. The maximum Gasteiger partial charge on any atom is 0.395 e. The molecule has 19 heavy (non-hydrogen) atoms. The van der Waals surface area contributed by atoms with Crippen molar-refractivity contribution in [1.82, 2.24) is 5.32 Å². The van der Waals surface area contributed by atoms with Gasteiger partial charge in [-0.05, 0) is 24.3 Å². The zero-order valence-corrected chi connectivity index (χ0v) is 10.3. The number of allylic oxidation sites excluding steroid dienone is 5. The number of nitrogens with one attached hydrogen (secondary N) is 1. The summed E-state index contributed by atoms with van der Waals surface area (Å²) < 4.78 is 37.8. The number of hydrogen-bond acceptors (Lipinski definition) is 2. The lowest BCUT2D eigenvalue weighted by Crippen LogP contribution is -2.30. The average molecular weight is 272 g/mol. The zero-order valence-electron chi connectivity index (χ0n) is 10.3. The Hall–Kier alpha value is -1.98. The average Bonchev–Trinajstić information content (AvgIpc) is 2.27. The molecule has 2 atom stereocenters. The quantitative estimate of drug-likeness (QED) is 0.612. The van der Waals surface area contributed by atoms with Crippen molar-refractivity contribution in [2.45, 2.75) is 13.1 Å². The molecule has 104 valence electrons. The summed E-state index contributed by atoms with van der Waals surface area (Å²) in [6.07, 6.45) is 4.85. The number of alkyl halides is 3. The van der Waals surface area contributed by atoms with Crippen molar-refractivity contribution < 1.29 is 18.0 Å². The largest absolute Gasteiger partial charge is 0.405 e. The predicted molar refractivity (Wildman–Crippen MR) is 66.5 cm³/mol. The van der Waals surface area contributed by atoms with Crippen LogP contribution in [0.5, 0.6) is 0 Å². The lowest BCUT2D eigenvalue weighted by Gasteiger charge is -2.25. The third-order valence-electron chi connectivity index (χ3n) is 2.61. The lowest BCUT2D eigenvalue weighted by atomic mass is 9.88. The highest BCUT2D eigenvalue weighted by molar-refractivity contribution is 5.89. The molecule has 1 rings (SSSR count). The van der Waals surface area contributed by atoms with Crippen molar-refractivity contribution >= 4 is 5.91 Å². The molecule has 0 spiro atoms. The topological polar surface area (TPSA) is 55.1 Å². The molecule has 0 aliphatic heterocycles. The lowest BCUT2D eigenvalue weighted by molar-refractivity contribution is -0.169. The van der Waals surface area contributed by atoms with Gasteiger partial charge in [-0.3, -0.25) is 4.79 Å². The molecule has 1 unspecified atom stereocenters. The molecule has 3 nitrogen and oxygen atoms in total. The summed E-state index contributed by atoms with van der Waals surface area (Å²) in [7, 11) is 0. The van der Waals surface area contributed by atoms with Gasteiger partial charge in [0.15, 0.2) is 0 Å². The van der Waals surface area contributed by atoms with Crippen LogP contribution in [0.25, 0.3) is 0 Å². The standard InChI is InChI=1S/C13H15F3N2O/c1-9-8-10(5-6-11(9)13(14,15)16)18-12(19)4-2-3-7-17/h2-9,11H,17H2,1H3,(H,18,19)/b4-2+,7-3+/t9?,11-/m1/s1. The first-order valence-corrected chi connectivity index (χ1v) is 5.67. The summed E-state index contributed by atoms with van der Waals surface area (Å²) in [5.74, 6) is -2.65. The van der Waals surface area contributed by atoms with Crippen LogP contribution < -0.4 is 11.1 Å². The fourth-order valence-electron chi connectivity index (χ4n) is 1.71. The highest BCUT2D eigenvalue weighted by Crippen LogP contribution is 2.36. The van der Waals surface area contributed by atoms with Gasteiger partial charge in [0.25, 0.3) is 0 Å². The highest BCUT2D eigenvalue weighted by atomic mass is 19.4. The molecule has 0 bridgehead atoms. The molecule has 6 heteroatoms. The minimum atomic E-state index is -4.27. The van der Waals surface area contributed by atoms with Gasteiger partial charge in [-0.2, -0.15) is 13.2 Å². The van der Waals surface area contributed by atoms with Crippen LogP contribution in [-0.2, 0) is 4.79 Å². The normalized spacial score (nSPS) is 23.9. The van der Waals surface area contributed by atoms with Crippen LogP contribution in [0.1, 0.15) is 6.92 Å². The second-order valence-corrected chi connectivity index (χ2v) is 4.14. The molecule has 0 aromatic heterocycles. The van der Waals surface area contributed by atoms with Gasteiger partial charge in [0, 0.05) is 11.8 Å². The molecule has 3 N–H and O–H groups in total. The fraction of sp³-hybridized carbons (Fsp3) is 0.308. The van der Waals surface area contributed by atoms with E-state index in [0.29, 0.717) is 5.70 Å². The van der Waals surface area contributed by atoms with Crippen LogP contribution in [0.4, 0.5) is 13.2 Å². The van der Waals surface area contributed by atoms with Crippen molar-refractivity contribution in [3.63, 3.8) is 0 Å². The van der Waals surface area contributed by atoms with Crippen LogP contribution in [0.15, 0.2) is 48.4 Å². The minimum Gasteiger partial charge on any atom is -0.405 e. The molecular formula is C13H15F3N2O. The molecule has 0 radical (unpaired) electrons. The number of halogens is 3. The van der Waals surface area contributed by atoms with Crippen LogP contribution in [0, 0.1) is 11.8 Å². The summed E-state index contributed by atoms with van der Waals surface area (Å²) in [4.78, 5) is 11.4. The van der Waals surface area contributed by atoms with Crippen molar-refractivity contribution in [3.8, 4) is 0 Å². The van der Waals surface area contributed by atoms with Gasteiger partial charge in [0.2, 0.25) is 5.91 Å². The van der Waals surface area contributed by atoms with E-state index in [1.54, 1.807) is 0 Å². The molecule has 0 heterocycles. The number of rotatable bonds is 3. The summed E-state index contributed by atoms with van der Waals surface area (Å²) in [5.41, 5.74) is 5.44. The molecule has 1 amide bonds. The van der Waals surface area contributed by atoms with Gasteiger partial charge < -0.3 is 11.1 Å². The monoisotopic (exact) mass is 272 g/mol. The number of nitrogens with two attached hydrogens (primary N) is 1. The van der Waals surface area contributed by atoms with Crippen LogP contribution in [0.3, 0.4) is 0 Å². The minimum absolute atomic E-state index is 0.361. The maximum atomic E-state index is 12.6. The zero-order chi connectivity index (χ0) is 14.5. The molecule has 1 aliphatic rings. The van der Waals surface area contributed by atoms with E-state index in [1.165, 1.54) is 43.5 Å². The first kappa shape index (κ1) is 15.1. The highest BCUT2D eigenvalue weighted by Gasteiger charge is 2.41. The molecule has 0 saturated heterocycles. The van der Waals surface area contributed by atoms with E-state index in [1.807, 2.05) is 0 Å². The Labute approximate surface area is 109 Å². The summed E-state index contributed by atoms with van der Waals surface area (Å²) in [5, 5.41) is 2.49. The van der Waals surface area contributed by atoms with Gasteiger partial charge in [0.05, 0.1) is 5.92 Å². The van der Waals surface area contributed by atoms with Crippen molar-refractivity contribution in [3.05, 3.63) is 48.4 Å². The molecule has 0 aromatic rings. The van der Waals surface area contributed by atoms with E-state index >= 15 is 0 Å². The third kappa shape index (κ3) is 4.65. The van der Waals surface area contributed by atoms with E-state index in [2.05, 4.69) is 5.32 Å². The maximum absolute atomic E-state index is 12.6. The van der Waals surface area contributed by atoms with E-state index < -0.39 is 23.9 Å². The number of hydrogen-bond donors (Lipinski definition) is 2. The molecule has 0 fully saturated rings. The second kappa shape index (κ2) is 6.26. The van der Waals surface area contributed by atoms with Crippen molar-refractivity contribution in [2.24, 2.45) is 17.6 Å². The van der Waals surface area contributed by atoms with E-state index in [0.717, 1.165) is 6.08 Å². The number of carbonyl (C=O) groups is 1. The van der Waals surface area contributed by atoms with Gasteiger partial charge in [-0.25, -0.2) is 0 Å². The van der Waals surface area contributed by atoms with E-state index in [9.17, 15) is 18.0 Å². The Bertz CT molecular complexity index is 447. The SMILES string of the molecule is CC1C=C(NC(=O)/C=C/C=C/N)C=C[C@H]1C(F)(F)F. The Kier molecular flexibility index (Phi) is 4.97. The first-order valence-electron chi connectivity index (χ1n) is 5.67. The summed E-state index contributed by atoms with van der Waals surface area (Å²) in [6.45, 7) is 1.46. The fourth-order valence-corrected chi connectivity index (χ4v) is 1.71. The molecule has 0 aromatic carbocycles. The molecular weight excluding hydrogens is 257 g/mol. The summed E-state index contributed by atoms with van der Waals surface area (Å²) >= 11 is 0. The second-order valence-electron chi connectivity index (χ2n) is 4.14. The third-order valence-corrected chi connectivity index (χ3v) is 2.61. The van der Waals surface area contributed by atoms with Gasteiger partial charge in [0.1, 0.15) is 0 Å². The van der Waals surface area contributed by atoms with Crippen molar-refractivity contribution in [2.75, 3.05) is 0 Å². The van der Waals surface area contributed by atoms with Gasteiger partial charge in [-0.1, -0.05) is 25.2 Å². The van der Waals surface area contributed by atoms with Crippen LogP contribution >= 0.6 is 0 Å². The Morgan fingerprint density at radius 2 is 2.11 bits per heavy atom. The van der Waals surface area contributed by atoms with E-state index in [-0.39, 0.29) is 0 Å². The van der Waals surface area contributed by atoms with Crippen LogP contribution in [-0.4, -0.2) is 12.1 Å². The Morgan fingerprint density at radius 1 is 1.42 bits per heavy atom.